The van der Waals surface area contributed by atoms with Crippen molar-refractivity contribution >= 4 is 5.69 Å². The Morgan fingerprint density at radius 2 is 2.31 bits per heavy atom. The highest BCUT2D eigenvalue weighted by atomic mass is 19.1. The molecule has 0 spiro atoms. The Bertz CT molecular complexity index is 338. The zero-order valence-corrected chi connectivity index (χ0v) is 7.73. The van der Waals surface area contributed by atoms with Crippen LogP contribution < -0.4 is 10.1 Å². The first-order valence-electron chi connectivity index (χ1n) is 4.33. The average molecular weight is 181 g/mol. The minimum Gasteiger partial charge on any atom is -0.494 e. The van der Waals surface area contributed by atoms with E-state index in [4.69, 9.17) is 4.74 Å². The molecular weight excluding hydrogens is 169 g/mol. The van der Waals surface area contributed by atoms with Crippen LogP contribution in [0.25, 0.3) is 0 Å². The van der Waals surface area contributed by atoms with Gasteiger partial charge in [0.25, 0.3) is 0 Å². The number of nitrogens with one attached hydrogen (secondary N) is 1. The van der Waals surface area contributed by atoms with Gasteiger partial charge in [0.05, 0.1) is 7.11 Å². The van der Waals surface area contributed by atoms with E-state index in [1.165, 1.54) is 13.2 Å². The molecule has 1 aliphatic rings. The van der Waals surface area contributed by atoms with Gasteiger partial charge in [0, 0.05) is 17.8 Å². The fourth-order valence-electron chi connectivity index (χ4n) is 1.70. The van der Waals surface area contributed by atoms with Gasteiger partial charge >= 0.3 is 0 Å². The van der Waals surface area contributed by atoms with Crippen LogP contribution in [0.4, 0.5) is 10.1 Å². The Kier molecular flexibility index (Phi) is 1.87. The van der Waals surface area contributed by atoms with Gasteiger partial charge in [-0.15, -0.1) is 0 Å². The van der Waals surface area contributed by atoms with Crippen LogP contribution in [0, 0.1) is 5.82 Å². The van der Waals surface area contributed by atoms with Crippen LogP contribution in [0.3, 0.4) is 0 Å². The van der Waals surface area contributed by atoms with Crippen LogP contribution in [-0.2, 0) is 6.42 Å². The molecule has 0 saturated heterocycles. The molecule has 0 radical (unpaired) electrons. The Hall–Kier alpha value is -1.25. The number of hydrogen-bond donors (Lipinski definition) is 1. The van der Waals surface area contributed by atoms with Crippen LogP contribution in [-0.4, -0.2) is 13.2 Å². The molecule has 0 amide bonds. The third-order valence-electron chi connectivity index (χ3n) is 2.31. The maximum absolute atomic E-state index is 13.2. The molecule has 13 heavy (non-hydrogen) atoms. The summed E-state index contributed by atoms with van der Waals surface area (Å²) in [5.74, 6) is 0.0255. The van der Waals surface area contributed by atoms with E-state index in [0.717, 1.165) is 17.7 Å². The molecular formula is C10H12FNO. The van der Waals surface area contributed by atoms with Gasteiger partial charge in [-0.1, -0.05) is 0 Å². The number of hydrogen-bond acceptors (Lipinski definition) is 2. The number of methoxy groups -OCH3 is 1. The SMILES string of the molecule is COc1cc2c(cc1F)NC(C)C2. The van der Waals surface area contributed by atoms with Crippen LogP contribution in [0.15, 0.2) is 12.1 Å². The summed E-state index contributed by atoms with van der Waals surface area (Å²) in [5, 5.41) is 3.19. The minimum atomic E-state index is -0.303. The molecule has 1 unspecified atom stereocenters. The standard InChI is InChI=1S/C10H12FNO/c1-6-3-7-4-10(13-2)8(11)5-9(7)12-6/h4-6,12H,3H2,1-2H3. The van der Waals surface area contributed by atoms with Gasteiger partial charge in [-0.25, -0.2) is 4.39 Å². The summed E-state index contributed by atoms with van der Waals surface area (Å²) in [6, 6.07) is 3.65. The molecule has 1 aromatic carbocycles. The number of fused-ring (bicyclic) bond motifs is 1. The molecule has 1 heterocycles. The zero-order valence-electron chi connectivity index (χ0n) is 7.73. The molecule has 1 aromatic rings. The highest BCUT2D eigenvalue weighted by Crippen LogP contribution is 2.31. The third-order valence-corrected chi connectivity index (χ3v) is 2.31. The summed E-state index contributed by atoms with van der Waals surface area (Å²) in [6.45, 7) is 2.07. The summed E-state index contributed by atoms with van der Waals surface area (Å²) in [7, 11) is 1.48. The van der Waals surface area contributed by atoms with Gasteiger partial charge in [0.1, 0.15) is 0 Å². The van der Waals surface area contributed by atoms with Crippen molar-refractivity contribution in [2.45, 2.75) is 19.4 Å². The van der Waals surface area contributed by atoms with Crippen LogP contribution in [0.5, 0.6) is 5.75 Å². The third kappa shape index (κ3) is 1.34. The van der Waals surface area contributed by atoms with Gasteiger partial charge in [0.15, 0.2) is 11.6 Å². The van der Waals surface area contributed by atoms with E-state index in [9.17, 15) is 4.39 Å². The first kappa shape index (κ1) is 8.35. The Balaban J connectivity index is 2.44. The maximum atomic E-state index is 13.2. The molecule has 2 rings (SSSR count). The van der Waals surface area contributed by atoms with E-state index in [2.05, 4.69) is 12.2 Å². The minimum absolute atomic E-state index is 0.303. The second kappa shape index (κ2) is 2.91. The van der Waals surface area contributed by atoms with Crippen molar-refractivity contribution < 1.29 is 9.13 Å². The molecule has 0 aromatic heterocycles. The van der Waals surface area contributed by atoms with Crippen molar-refractivity contribution in [1.29, 1.82) is 0 Å². The van der Waals surface area contributed by atoms with Gasteiger partial charge < -0.3 is 10.1 Å². The number of ether oxygens (including phenoxy) is 1. The van der Waals surface area contributed by atoms with Crippen molar-refractivity contribution in [3.05, 3.63) is 23.5 Å². The van der Waals surface area contributed by atoms with E-state index < -0.39 is 0 Å². The number of halogens is 1. The zero-order chi connectivity index (χ0) is 9.42. The second-order valence-corrected chi connectivity index (χ2v) is 3.39. The Morgan fingerprint density at radius 1 is 1.54 bits per heavy atom. The molecule has 3 heteroatoms. The van der Waals surface area contributed by atoms with Gasteiger partial charge in [-0.05, 0) is 25.0 Å². The van der Waals surface area contributed by atoms with Crippen molar-refractivity contribution in [3.63, 3.8) is 0 Å². The fraction of sp³-hybridized carbons (Fsp3) is 0.400. The second-order valence-electron chi connectivity index (χ2n) is 3.39. The topological polar surface area (TPSA) is 21.3 Å². The molecule has 0 saturated carbocycles. The predicted molar refractivity (Wildman–Crippen MR) is 49.7 cm³/mol. The number of rotatable bonds is 1. The highest BCUT2D eigenvalue weighted by molar-refractivity contribution is 5.59. The van der Waals surface area contributed by atoms with Crippen molar-refractivity contribution in [3.8, 4) is 5.75 Å². The van der Waals surface area contributed by atoms with Gasteiger partial charge in [0.2, 0.25) is 0 Å². The van der Waals surface area contributed by atoms with Gasteiger partial charge in [-0.2, -0.15) is 0 Å². The molecule has 1 aliphatic heterocycles. The summed E-state index contributed by atoms with van der Waals surface area (Å²) in [6.07, 6.45) is 0.936. The molecule has 70 valence electrons. The molecule has 2 nitrogen and oxygen atoms in total. The summed E-state index contributed by atoms with van der Waals surface area (Å²) in [4.78, 5) is 0. The average Bonchev–Trinajstić information content (AvgIpc) is 2.42. The lowest BCUT2D eigenvalue weighted by molar-refractivity contribution is 0.386. The lowest BCUT2D eigenvalue weighted by Gasteiger charge is -2.05. The fourth-order valence-corrected chi connectivity index (χ4v) is 1.70. The van der Waals surface area contributed by atoms with E-state index in [1.807, 2.05) is 0 Å². The lowest BCUT2D eigenvalue weighted by atomic mass is 10.1. The first-order chi connectivity index (χ1) is 6.20. The van der Waals surface area contributed by atoms with E-state index in [1.54, 1.807) is 6.07 Å². The molecule has 1 atom stereocenters. The normalized spacial score (nSPS) is 19.5. The lowest BCUT2D eigenvalue weighted by Crippen LogP contribution is -2.08. The largest absolute Gasteiger partial charge is 0.494 e. The van der Waals surface area contributed by atoms with Crippen molar-refractivity contribution in [1.82, 2.24) is 0 Å². The quantitative estimate of drug-likeness (QED) is 0.717. The summed E-state index contributed by atoms with van der Waals surface area (Å²) >= 11 is 0. The van der Waals surface area contributed by atoms with Gasteiger partial charge in [-0.3, -0.25) is 0 Å². The summed E-state index contributed by atoms with van der Waals surface area (Å²) in [5.41, 5.74) is 2.02. The maximum Gasteiger partial charge on any atom is 0.167 e. The molecule has 1 N–H and O–H groups in total. The summed E-state index contributed by atoms with van der Waals surface area (Å²) < 4.78 is 18.1. The number of anilines is 1. The molecule has 0 aliphatic carbocycles. The predicted octanol–water partition coefficient (Wildman–Crippen LogP) is 2.19. The molecule has 0 bridgehead atoms. The van der Waals surface area contributed by atoms with E-state index >= 15 is 0 Å². The Labute approximate surface area is 76.7 Å². The van der Waals surface area contributed by atoms with E-state index in [-0.39, 0.29) is 5.82 Å². The van der Waals surface area contributed by atoms with Crippen LogP contribution in [0.1, 0.15) is 12.5 Å². The van der Waals surface area contributed by atoms with Crippen LogP contribution >= 0.6 is 0 Å². The molecule has 0 fully saturated rings. The monoisotopic (exact) mass is 181 g/mol. The van der Waals surface area contributed by atoms with Crippen molar-refractivity contribution in [2.75, 3.05) is 12.4 Å². The van der Waals surface area contributed by atoms with Crippen molar-refractivity contribution in [2.24, 2.45) is 0 Å². The smallest absolute Gasteiger partial charge is 0.167 e. The van der Waals surface area contributed by atoms with Crippen LogP contribution in [0.2, 0.25) is 0 Å². The van der Waals surface area contributed by atoms with E-state index in [0.29, 0.717) is 11.8 Å². The Morgan fingerprint density at radius 3 is 3.00 bits per heavy atom. The highest BCUT2D eigenvalue weighted by Gasteiger charge is 2.19. The number of benzene rings is 1. The first-order valence-corrected chi connectivity index (χ1v) is 4.33.